The lowest BCUT2D eigenvalue weighted by molar-refractivity contribution is -0.0498. The molecule has 0 heterocycles. The van der Waals surface area contributed by atoms with Crippen LogP contribution in [0.4, 0.5) is 8.78 Å². The molecule has 0 aliphatic carbocycles. The molecule has 0 unspecified atom stereocenters. The van der Waals surface area contributed by atoms with Crippen LogP contribution in [0, 0.1) is 6.92 Å². The number of alkyl halides is 2. The summed E-state index contributed by atoms with van der Waals surface area (Å²) in [5.41, 5.74) is 1.59. The molecule has 0 bridgehead atoms. The Bertz CT molecular complexity index is 795. The molecular weight excluding hydrogens is 360 g/mol. The molecule has 4 nitrogen and oxygen atoms in total. The maximum atomic E-state index is 12.2. The monoisotopic (exact) mass is 375 g/mol. The van der Waals surface area contributed by atoms with Crippen molar-refractivity contribution in [2.24, 2.45) is 0 Å². The van der Waals surface area contributed by atoms with E-state index < -0.39 is 16.6 Å². The van der Waals surface area contributed by atoms with Gasteiger partial charge < -0.3 is 4.74 Å². The number of sulfonamides is 1. The Morgan fingerprint density at radius 2 is 1.83 bits per heavy atom. The summed E-state index contributed by atoms with van der Waals surface area (Å²) in [6.45, 7) is -0.916. The van der Waals surface area contributed by atoms with Gasteiger partial charge >= 0.3 is 6.61 Å². The van der Waals surface area contributed by atoms with Crippen LogP contribution in [0.1, 0.15) is 11.1 Å². The van der Waals surface area contributed by atoms with Crippen molar-refractivity contribution in [1.29, 1.82) is 0 Å². The second-order valence-electron chi connectivity index (χ2n) is 5.08. The summed E-state index contributed by atoms with van der Waals surface area (Å²) in [7, 11) is -3.65. The van der Waals surface area contributed by atoms with E-state index in [0.29, 0.717) is 11.4 Å². The van der Waals surface area contributed by atoms with Crippen LogP contribution in [0.15, 0.2) is 47.4 Å². The summed E-state index contributed by atoms with van der Waals surface area (Å²) in [5, 5.41) is 0.382. The highest BCUT2D eigenvalue weighted by atomic mass is 35.5. The second-order valence-corrected chi connectivity index (χ2v) is 7.26. The maximum absolute atomic E-state index is 12.2. The molecule has 0 amide bonds. The summed E-state index contributed by atoms with van der Waals surface area (Å²) in [6, 6.07) is 10.6. The Morgan fingerprint density at radius 1 is 1.17 bits per heavy atom. The highest BCUT2D eigenvalue weighted by Gasteiger charge is 2.14. The molecule has 0 spiro atoms. The lowest BCUT2D eigenvalue weighted by atomic mass is 10.1. The van der Waals surface area contributed by atoms with Crippen LogP contribution >= 0.6 is 11.6 Å². The van der Waals surface area contributed by atoms with E-state index in [4.69, 9.17) is 11.6 Å². The zero-order valence-corrected chi connectivity index (χ0v) is 14.4. The molecule has 24 heavy (non-hydrogen) atoms. The minimum atomic E-state index is -3.65. The van der Waals surface area contributed by atoms with E-state index in [1.807, 2.05) is 0 Å². The van der Waals surface area contributed by atoms with Gasteiger partial charge in [0.2, 0.25) is 10.0 Å². The predicted octanol–water partition coefficient (Wildman–Crippen LogP) is 3.77. The van der Waals surface area contributed by atoms with Crippen LogP contribution in [0.2, 0.25) is 5.02 Å². The largest absolute Gasteiger partial charge is 0.435 e. The summed E-state index contributed by atoms with van der Waals surface area (Å²) in [6.07, 6.45) is 0.410. The van der Waals surface area contributed by atoms with Crippen molar-refractivity contribution >= 4 is 21.6 Å². The molecule has 0 aliphatic heterocycles. The Balaban J connectivity index is 1.94. The molecule has 2 rings (SSSR count). The van der Waals surface area contributed by atoms with E-state index in [0.717, 1.165) is 11.1 Å². The Labute approximate surface area is 144 Å². The minimum absolute atomic E-state index is 0.0589. The van der Waals surface area contributed by atoms with Crippen LogP contribution < -0.4 is 9.46 Å². The molecule has 1 N–H and O–H groups in total. The zero-order chi connectivity index (χ0) is 17.7. The first-order valence-electron chi connectivity index (χ1n) is 7.07. The van der Waals surface area contributed by atoms with Gasteiger partial charge in [-0.2, -0.15) is 8.78 Å². The van der Waals surface area contributed by atoms with Gasteiger partial charge in [-0.15, -0.1) is 0 Å². The topological polar surface area (TPSA) is 55.4 Å². The van der Waals surface area contributed by atoms with E-state index in [-0.39, 0.29) is 17.2 Å². The van der Waals surface area contributed by atoms with Gasteiger partial charge in [0.1, 0.15) is 5.75 Å². The summed E-state index contributed by atoms with van der Waals surface area (Å²) < 4.78 is 55.2. The Morgan fingerprint density at radius 3 is 2.42 bits per heavy atom. The molecule has 0 aromatic heterocycles. The highest BCUT2D eigenvalue weighted by molar-refractivity contribution is 7.89. The lowest BCUT2D eigenvalue weighted by Gasteiger charge is -2.09. The van der Waals surface area contributed by atoms with E-state index >= 15 is 0 Å². The van der Waals surface area contributed by atoms with Gasteiger partial charge in [-0.1, -0.05) is 29.8 Å². The average Bonchev–Trinajstić information content (AvgIpc) is 2.51. The van der Waals surface area contributed by atoms with Crippen molar-refractivity contribution in [3.63, 3.8) is 0 Å². The van der Waals surface area contributed by atoms with E-state index in [2.05, 4.69) is 9.46 Å². The quantitative estimate of drug-likeness (QED) is 0.801. The average molecular weight is 376 g/mol. The lowest BCUT2D eigenvalue weighted by Crippen LogP contribution is -2.26. The number of hydrogen-bond acceptors (Lipinski definition) is 3. The number of aryl methyl sites for hydroxylation is 1. The number of hydrogen-bond donors (Lipinski definition) is 1. The van der Waals surface area contributed by atoms with Gasteiger partial charge in [-0.05, 0) is 48.7 Å². The Kier molecular flexibility index (Phi) is 6.15. The summed E-state index contributed by atoms with van der Waals surface area (Å²) in [5.74, 6) is 0.0589. The standard InChI is InChI=1S/C16H16ClF2NO3S/c1-11-2-7-14(10-15(11)17)24(21,22)20-9-8-12-3-5-13(6-4-12)23-16(18)19/h2-7,10,16,20H,8-9H2,1H3. The molecule has 0 fully saturated rings. The van der Waals surface area contributed by atoms with Crippen LogP contribution in [0.5, 0.6) is 5.75 Å². The maximum Gasteiger partial charge on any atom is 0.387 e. The molecule has 2 aromatic carbocycles. The number of ether oxygens (including phenoxy) is 1. The van der Waals surface area contributed by atoms with E-state index in [1.54, 1.807) is 25.1 Å². The predicted molar refractivity (Wildman–Crippen MR) is 88.2 cm³/mol. The van der Waals surface area contributed by atoms with Gasteiger partial charge in [0.15, 0.2) is 0 Å². The molecule has 0 saturated heterocycles. The molecule has 0 atom stereocenters. The van der Waals surface area contributed by atoms with Crippen molar-refractivity contribution in [2.45, 2.75) is 24.9 Å². The fraction of sp³-hybridized carbons (Fsp3) is 0.250. The number of rotatable bonds is 7. The van der Waals surface area contributed by atoms with Gasteiger partial charge in [-0.25, -0.2) is 13.1 Å². The fourth-order valence-corrected chi connectivity index (χ4v) is 3.29. The smallest absolute Gasteiger partial charge is 0.387 e. The Hall–Kier alpha value is -1.70. The first-order valence-corrected chi connectivity index (χ1v) is 8.93. The molecule has 130 valence electrons. The molecular formula is C16H16ClF2NO3S. The van der Waals surface area contributed by atoms with Crippen LogP contribution in [0.3, 0.4) is 0 Å². The SMILES string of the molecule is Cc1ccc(S(=O)(=O)NCCc2ccc(OC(F)F)cc2)cc1Cl. The van der Waals surface area contributed by atoms with Crippen LogP contribution in [-0.4, -0.2) is 21.6 Å². The molecule has 0 radical (unpaired) electrons. The van der Waals surface area contributed by atoms with Crippen molar-refractivity contribution in [2.75, 3.05) is 6.54 Å². The third kappa shape index (κ3) is 5.15. The van der Waals surface area contributed by atoms with Gasteiger partial charge in [-0.3, -0.25) is 0 Å². The van der Waals surface area contributed by atoms with Gasteiger partial charge in [0, 0.05) is 11.6 Å². The number of benzene rings is 2. The number of halogens is 3. The van der Waals surface area contributed by atoms with Crippen molar-refractivity contribution in [3.05, 3.63) is 58.6 Å². The van der Waals surface area contributed by atoms with Crippen molar-refractivity contribution in [3.8, 4) is 5.75 Å². The highest BCUT2D eigenvalue weighted by Crippen LogP contribution is 2.20. The van der Waals surface area contributed by atoms with Gasteiger partial charge in [0.05, 0.1) is 4.90 Å². The second kappa shape index (κ2) is 7.92. The number of nitrogens with one attached hydrogen (secondary N) is 1. The third-order valence-corrected chi connectivity index (χ3v) is 5.17. The fourth-order valence-electron chi connectivity index (χ4n) is 1.99. The van der Waals surface area contributed by atoms with E-state index in [1.165, 1.54) is 24.3 Å². The zero-order valence-electron chi connectivity index (χ0n) is 12.8. The van der Waals surface area contributed by atoms with Crippen LogP contribution in [-0.2, 0) is 16.4 Å². The van der Waals surface area contributed by atoms with Crippen molar-refractivity contribution in [1.82, 2.24) is 4.72 Å². The third-order valence-electron chi connectivity index (χ3n) is 3.31. The summed E-state index contributed by atoms with van der Waals surface area (Å²) in [4.78, 5) is 0.0961. The molecule has 8 heteroatoms. The molecule has 2 aromatic rings. The summed E-state index contributed by atoms with van der Waals surface area (Å²) >= 11 is 5.94. The first kappa shape index (κ1) is 18.6. The van der Waals surface area contributed by atoms with Gasteiger partial charge in [0.25, 0.3) is 0 Å². The van der Waals surface area contributed by atoms with E-state index in [9.17, 15) is 17.2 Å². The van der Waals surface area contributed by atoms with Crippen molar-refractivity contribution < 1.29 is 21.9 Å². The molecule has 0 saturated carbocycles. The molecule has 0 aliphatic rings. The minimum Gasteiger partial charge on any atom is -0.435 e. The normalized spacial score (nSPS) is 11.7. The first-order chi connectivity index (χ1) is 11.3. The van der Waals surface area contributed by atoms with Crippen LogP contribution in [0.25, 0.3) is 0 Å².